The molecule has 2 N–H and O–H groups in total. The van der Waals surface area contributed by atoms with E-state index in [1.165, 1.54) is 12.1 Å². The fourth-order valence-electron chi connectivity index (χ4n) is 5.39. The average Bonchev–Trinajstić information content (AvgIpc) is 3.41. The standard InChI is InChI=1S/C29H37F2N7O5S/c1-4-43-24(39)19-44(41,42)35-20-5-6-21(22(17-20)36-12-7-28(2,3)8-13-36)27(40)34-23-18-38-16-11-32-25(38)26(33-23)37-14-9-29(30,31)10-15-37/h5-6,11,16-18,35H,4,7-10,12-15,19H2,1-3H3,(H,34,40). The maximum absolute atomic E-state index is 13.8. The number of amides is 1. The highest BCUT2D eigenvalue weighted by Crippen LogP contribution is 2.36. The number of esters is 1. The van der Waals surface area contributed by atoms with Gasteiger partial charge in [0.15, 0.2) is 23.0 Å². The van der Waals surface area contributed by atoms with Crippen molar-refractivity contribution in [3.8, 4) is 0 Å². The Labute approximate surface area is 254 Å². The van der Waals surface area contributed by atoms with Gasteiger partial charge in [0, 0.05) is 51.4 Å². The monoisotopic (exact) mass is 633 g/mol. The molecular weight excluding hydrogens is 596 g/mol. The Balaban J connectivity index is 1.43. The maximum Gasteiger partial charge on any atom is 0.323 e. The molecule has 12 nitrogen and oxygen atoms in total. The van der Waals surface area contributed by atoms with E-state index >= 15 is 0 Å². The van der Waals surface area contributed by atoms with E-state index in [0.29, 0.717) is 35.8 Å². The number of halogens is 2. The topological polar surface area (TPSA) is 138 Å². The number of benzene rings is 1. The molecule has 5 rings (SSSR count). The number of nitrogens with one attached hydrogen (secondary N) is 2. The van der Waals surface area contributed by atoms with Gasteiger partial charge in [0.25, 0.3) is 11.8 Å². The first kappa shape index (κ1) is 31.4. The van der Waals surface area contributed by atoms with Crippen molar-refractivity contribution in [3.05, 3.63) is 42.4 Å². The fraction of sp³-hybridized carbons (Fsp3) is 0.517. The van der Waals surface area contributed by atoms with Gasteiger partial charge in [-0.3, -0.25) is 14.3 Å². The van der Waals surface area contributed by atoms with Crippen molar-refractivity contribution in [2.24, 2.45) is 5.41 Å². The molecule has 4 heterocycles. The van der Waals surface area contributed by atoms with Gasteiger partial charge in [-0.1, -0.05) is 13.8 Å². The van der Waals surface area contributed by atoms with Gasteiger partial charge < -0.3 is 24.3 Å². The summed E-state index contributed by atoms with van der Waals surface area (Å²) in [5.41, 5.74) is 1.63. The van der Waals surface area contributed by atoms with Gasteiger partial charge in [-0.05, 0) is 43.4 Å². The van der Waals surface area contributed by atoms with Crippen molar-refractivity contribution in [2.75, 3.05) is 58.4 Å². The molecule has 44 heavy (non-hydrogen) atoms. The highest BCUT2D eigenvalue weighted by atomic mass is 32.2. The number of fused-ring (bicyclic) bond motifs is 1. The van der Waals surface area contributed by atoms with Gasteiger partial charge in [0.1, 0.15) is 0 Å². The lowest BCUT2D eigenvalue weighted by atomic mass is 9.82. The minimum absolute atomic E-state index is 0.0612. The first-order valence-corrected chi connectivity index (χ1v) is 16.2. The minimum Gasteiger partial charge on any atom is -0.465 e. The summed E-state index contributed by atoms with van der Waals surface area (Å²) in [6, 6.07) is 4.57. The van der Waals surface area contributed by atoms with Gasteiger partial charge in [-0.2, -0.15) is 0 Å². The lowest BCUT2D eigenvalue weighted by Crippen LogP contribution is -2.40. The zero-order chi connectivity index (χ0) is 31.7. The van der Waals surface area contributed by atoms with E-state index in [1.807, 2.05) is 4.90 Å². The van der Waals surface area contributed by atoms with Crippen LogP contribution >= 0.6 is 0 Å². The molecule has 2 saturated heterocycles. The van der Waals surface area contributed by atoms with Gasteiger partial charge in [0.05, 0.1) is 29.7 Å². The molecule has 2 aliphatic heterocycles. The predicted octanol–water partition coefficient (Wildman–Crippen LogP) is 4.15. The van der Waals surface area contributed by atoms with Crippen LogP contribution in [-0.2, 0) is 19.6 Å². The average molecular weight is 634 g/mol. The van der Waals surface area contributed by atoms with E-state index in [1.54, 1.807) is 40.9 Å². The number of carbonyl (C=O) groups is 2. The van der Waals surface area contributed by atoms with Crippen LogP contribution in [-0.4, -0.2) is 79.1 Å². The lowest BCUT2D eigenvalue weighted by molar-refractivity contribution is -0.139. The van der Waals surface area contributed by atoms with Gasteiger partial charge in [0.2, 0.25) is 10.0 Å². The van der Waals surface area contributed by atoms with Crippen LogP contribution in [0.5, 0.6) is 0 Å². The summed E-state index contributed by atoms with van der Waals surface area (Å²) in [6.07, 6.45) is 5.99. The van der Waals surface area contributed by atoms with Crippen LogP contribution in [0.15, 0.2) is 36.8 Å². The van der Waals surface area contributed by atoms with E-state index in [-0.39, 0.29) is 49.5 Å². The highest BCUT2D eigenvalue weighted by molar-refractivity contribution is 7.93. The number of carbonyl (C=O) groups excluding carboxylic acids is 2. The number of alkyl halides is 2. The predicted molar refractivity (Wildman–Crippen MR) is 163 cm³/mol. The molecule has 2 fully saturated rings. The number of rotatable bonds is 9. The molecule has 1 aromatic carbocycles. The van der Waals surface area contributed by atoms with Crippen molar-refractivity contribution in [2.45, 2.75) is 52.4 Å². The van der Waals surface area contributed by atoms with Gasteiger partial charge in [-0.15, -0.1) is 0 Å². The van der Waals surface area contributed by atoms with Crippen LogP contribution in [0.2, 0.25) is 0 Å². The van der Waals surface area contributed by atoms with Crippen molar-refractivity contribution in [3.63, 3.8) is 0 Å². The molecule has 0 radical (unpaired) electrons. The third-order valence-corrected chi connectivity index (χ3v) is 9.14. The Kier molecular flexibility index (Phi) is 8.69. The minimum atomic E-state index is -4.06. The number of anilines is 4. The molecule has 238 valence electrons. The Bertz CT molecular complexity index is 1640. The smallest absolute Gasteiger partial charge is 0.323 e. The van der Waals surface area contributed by atoms with Crippen molar-refractivity contribution < 1.29 is 31.5 Å². The van der Waals surface area contributed by atoms with Gasteiger partial charge >= 0.3 is 5.97 Å². The molecule has 0 aliphatic carbocycles. The molecule has 0 bridgehead atoms. The lowest BCUT2D eigenvalue weighted by Gasteiger charge is -2.39. The molecule has 3 aromatic rings. The first-order chi connectivity index (χ1) is 20.7. The van der Waals surface area contributed by atoms with Crippen molar-refractivity contribution in [1.82, 2.24) is 14.4 Å². The van der Waals surface area contributed by atoms with Crippen LogP contribution in [0.4, 0.5) is 31.8 Å². The molecule has 0 saturated carbocycles. The van der Waals surface area contributed by atoms with Crippen LogP contribution in [0, 0.1) is 5.41 Å². The zero-order valence-corrected chi connectivity index (χ0v) is 25.8. The second-order valence-corrected chi connectivity index (χ2v) is 13.7. The Morgan fingerprint density at radius 3 is 2.41 bits per heavy atom. The molecule has 0 atom stereocenters. The number of hydrogen-bond donors (Lipinski definition) is 2. The molecule has 0 spiro atoms. The van der Waals surface area contributed by atoms with E-state index in [9.17, 15) is 26.8 Å². The Morgan fingerprint density at radius 1 is 1.05 bits per heavy atom. The molecule has 2 aromatic heterocycles. The SMILES string of the molecule is CCOC(=O)CS(=O)(=O)Nc1ccc(C(=O)Nc2cn3ccnc3c(N3CCC(F)(F)CC3)n2)c(N2CCC(C)(C)CC2)c1. The largest absolute Gasteiger partial charge is 0.465 e. The molecule has 1 amide bonds. The third-order valence-electron chi connectivity index (χ3n) is 7.98. The van der Waals surface area contributed by atoms with E-state index in [0.717, 1.165) is 12.8 Å². The maximum atomic E-state index is 13.8. The summed E-state index contributed by atoms with van der Waals surface area (Å²) in [6.45, 7) is 7.50. The third kappa shape index (κ3) is 7.37. The first-order valence-electron chi connectivity index (χ1n) is 14.6. The molecule has 2 aliphatic rings. The van der Waals surface area contributed by atoms with E-state index < -0.39 is 33.6 Å². The second kappa shape index (κ2) is 12.2. The van der Waals surface area contributed by atoms with Crippen molar-refractivity contribution >= 4 is 50.6 Å². The second-order valence-electron chi connectivity index (χ2n) is 12.0. The zero-order valence-electron chi connectivity index (χ0n) is 25.0. The van der Waals surface area contributed by atoms with Crippen LogP contribution < -0.4 is 19.8 Å². The summed E-state index contributed by atoms with van der Waals surface area (Å²) in [5.74, 6) is -4.31. The Morgan fingerprint density at radius 2 is 1.73 bits per heavy atom. The number of imidazole rings is 1. The summed E-state index contributed by atoms with van der Waals surface area (Å²) in [7, 11) is -4.06. The fourth-order valence-corrected chi connectivity index (χ4v) is 6.34. The molecular formula is C29H37F2N7O5S. The quantitative estimate of drug-likeness (QED) is 0.333. The van der Waals surface area contributed by atoms with E-state index in [2.05, 4.69) is 33.9 Å². The van der Waals surface area contributed by atoms with Crippen molar-refractivity contribution in [1.29, 1.82) is 0 Å². The summed E-state index contributed by atoms with van der Waals surface area (Å²) >= 11 is 0. The number of sulfonamides is 1. The van der Waals surface area contributed by atoms with Crippen LogP contribution in [0.1, 0.15) is 56.8 Å². The van der Waals surface area contributed by atoms with Crippen LogP contribution in [0.3, 0.4) is 0 Å². The summed E-state index contributed by atoms with van der Waals surface area (Å²) < 4.78 is 61.8. The van der Waals surface area contributed by atoms with E-state index in [4.69, 9.17) is 4.74 Å². The number of aromatic nitrogens is 3. The molecule has 15 heteroatoms. The normalized spacial score (nSPS) is 18.2. The highest BCUT2D eigenvalue weighted by Gasteiger charge is 2.35. The summed E-state index contributed by atoms with van der Waals surface area (Å²) in [5, 5.41) is 2.84. The molecule has 0 unspecified atom stereocenters. The number of nitrogens with zero attached hydrogens (tertiary/aromatic N) is 5. The number of piperidine rings is 2. The summed E-state index contributed by atoms with van der Waals surface area (Å²) in [4.78, 5) is 38.3. The number of ether oxygens (including phenoxy) is 1. The number of hydrogen-bond acceptors (Lipinski definition) is 9. The van der Waals surface area contributed by atoms with Crippen LogP contribution in [0.25, 0.3) is 5.65 Å². The Hall–Kier alpha value is -4.01. The van der Waals surface area contributed by atoms with Gasteiger partial charge in [-0.25, -0.2) is 27.2 Å².